The minimum absolute atomic E-state index is 0.0397. The van der Waals surface area contributed by atoms with E-state index in [0.29, 0.717) is 23.6 Å². The second kappa shape index (κ2) is 4.18. The molecular weight excluding hydrogens is 210 g/mol. The number of carboxylic acids is 1. The van der Waals surface area contributed by atoms with Crippen molar-refractivity contribution in [1.82, 2.24) is 14.6 Å². The molecule has 0 aliphatic carbocycles. The average Bonchev–Trinajstić information content (AvgIpc) is 2.68. The lowest BCUT2D eigenvalue weighted by atomic mass is 10.3. The Labute approximate surface area is 91.5 Å². The van der Waals surface area contributed by atoms with Crippen LogP contribution in [0, 0.1) is 0 Å². The summed E-state index contributed by atoms with van der Waals surface area (Å²) in [6.45, 7) is 0. The van der Waals surface area contributed by atoms with Gasteiger partial charge >= 0.3 is 5.97 Å². The van der Waals surface area contributed by atoms with Gasteiger partial charge in [0.05, 0.1) is 19.7 Å². The van der Waals surface area contributed by atoms with Crippen LogP contribution in [0.2, 0.25) is 0 Å². The molecule has 84 valence electrons. The second-order valence-electron chi connectivity index (χ2n) is 3.31. The number of aromatic nitrogens is 3. The van der Waals surface area contributed by atoms with Crippen molar-refractivity contribution in [1.29, 1.82) is 0 Å². The molecule has 0 unspecified atom stereocenters. The van der Waals surface area contributed by atoms with Crippen LogP contribution >= 0.6 is 0 Å². The van der Waals surface area contributed by atoms with Crippen LogP contribution in [0.5, 0.6) is 5.75 Å². The van der Waals surface area contributed by atoms with Gasteiger partial charge in [0.25, 0.3) is 0 Å². The Hall–Kier alpha value is -2.11. The fourth-order valence-electron chi connectivity index (χ4n) is 1.43. The minimum atomic E-state index is -0.848. The van der Waals surface area contributed by atoms with Crippen LogP contribution < -0.4 is 4.74 Å². The summed E-state index contributed by atoms with van der Waals surface area (Å²) < 4.78 is 6.82. The molecule has 2 aromatic rings. The number of aliphatic carboxylic acids is 1. The first-order valence-electron chi connectivity index (χ1n) is 4.80. The molecule has 2 rings (SSSR count). The molecule has 0 aliphatic heterocycles. The lowest BCUT2D eigenvalue weighted by molar-refractivity contribution is -0.137. The standard InChI is InChI=1S/C10H11N3O3/c1-16-7-2-3-8-11-12-9(13(8)6-7)4-5-10(14)15/h2-3,6H,4-5H2,1H3,(H,14,15). The summed E-state index contributed by atoms with van der Waals surface area (Å²) in [6, 6.07) is 3.56. The van der Waals surface area contributed by atoms with Crippen molar-refractivity contribution in [2.24, 2.45) is 0 Å². The van der Waals surface area contributed by atoms with Gasteiger partial charge < -0.3 is 9.84 Å². The molecule has 0 aliphatic rings. The highest BCUT2D eigenvalue weighted by atomic mass is 16.5. The number of hydrogen-bond acceptors (Lipinski definition) is 4. The van der Waals surface area contributed by atoms with E-state index in [1.165, 1.54) is 0 Å². The van der Waals surface area contributed by atoms with E-state index in [2.05, 4.69) is 10.2 Å². The van der Waals surface area contributed by atoms with E-state index in [9.17, 15) is 4.79 Å². The molecule has 0 bridgehead atoms. The summed E-state index contributed by atoms with van der Waals surface area (Å²) in [6.07, 6.45) is 2.13. The van der Waals surface area contributed by atoms with Crippen LogP contribution in [0.15, 0.2) is 18.3 Å². The van der Waals surface area contributed by atoms with Crippen molar-refractivity contribution in [3.63, 3.8) is 0 Å². The molecule has 0 fully saturated rings. The Balaban J connectivity index is 2.34. The summed E-state index contributed by atoms with van der Waals surface area (Å²) in [7, 11) is 1.57. The normalized spacial score (nSPS) is 10.6. The monoisotopic (exact) mass is 221 g/mol. The third kappa shape index (κ3) is 1.95. The molecule has 0 spiro atoms. The van der Waals surface area contributed by atoms with Crippen LogP contribution in [-0.2, 0) is 11.2 Å². The zero-order valence-electron chi connectivity index (χ0n) is 8.75. The summed E-state index contributed by atoms with van der Waals surface area (Å²) in [4.78, 5) is 10.5. The van der Waals surface area contributed by atoms with Crippen molar-refractivity contribution in [3.05, 3.63) is 24.2 Å². The van der Waals surface area contributed by atoms with Crippen molar-refractivity contribution < 1.29 is 14.6 Å². The van der Waals surface area contributed by atoms with Gasteiger partial charge in [0.15, 0.2) is 5.65 Å². The van der Waals surface area contributed by atoms with Crippen molar-refractivity contribution in [2.75, 3.05) is 7.11 Å². The van der Waals surface area contributed by atoms with Gasteiger partial charge in [0.1, 0.15) is 11.6 Å². The van der Waals surface area contributed by atoms with Crippen LogP contribution in [-0.4, -0.2) is 32.8 Å². The third-order valence-electron chi connectivity index (χ3n) is 2.24. The Kier molecular flexibility index (Phi) is 2.72. The molecule has 6 nitrogen and oxygen atoms in total. The maximum Gasteiger partial charge on any atom is 0.303 e. The van der Waals surface area contributed by atoms with E-state index in [-0.39, 0.29) is 6.42 Å². The van der Waals surface area contributed by atoms with E-state index in [1.54, 1.807) is 29.8 Å². The van der Waals surface area contributed by atoms with E-state index in [1.807, 2.05) is 0 Å². The SMILES string of the molecule is COc1ccc2nnc(CCC(=O)O)n2c1. The first-order chi connectivity index (χ1) is 7.70. The Morgan fingerprint density at radius 2 is 2.31 bits per heavy atom. The highest BCUT2D eigenvalue weighted by molar-refractivity contribution is 5.66. The summed E-state index contributed by atoms with van der Waals surface area (Å²) in [5, 5.41) is 16.5. The number of pyridine rings is 1. The van der Waals surface area contributed by atoms with Crippen molar-refractivity contribution in [2.45, 2.75) is 12.8 Å². The minimum Gasteiger partial charge on any atom is -0.495 e. The Bertz CT molecular complexity index is 521. The zero-order valence-corrected chi connectivity index (χ0v) is 8.75. The molecular formula is C10H11N3O3. The van der Waals surface area contributed by atoms with Crippen molar-refractivity contribution >= 4 is 11.6 Å². The van der Waals surface area contributed by atoms with Gasteiger partial charge in [-0.2, -0.15) is 0 Å². The molecule has 0 saturated carbocycles. The van der Waals surface area contributed by atoms with E-state index in [4.69, 9.17) is 9.84 Å². The quantitative estimate of drug-likeness (QED) is 0.824. The average molecular weight is 221 g/mol. The third-order valence-corrected chi connectivity index (χ3v) is 2.24. The highest BCUT2D eigenvalue weighted by Crippen LogP contribution is 2.13. The predicted octanol–water partition coefficient (Wildman–Crippen LogP) is 0.755. The molecule has 6 heteroatoms. The number of hydrogen-bond donors (Lipinski definition) is 1. The van der Waals surface area contributed by atoms with Gasteiger partial charge in [-0.1, -0.05) is 0 Å². The molecule has 0 aromatic carbocycles. The number of carbonyl (C=O) groups is 1. The first-order valence-corrected chi connectivity index (χ1v) is 4.80. The number of nitrogens with zero attached hydrogens (tertiary/aromatic N) is 3. The maximum atomic E-state index is 10.5. The van der Waals surface area contributed by atoms with Gasteiger partial charge in [-0.25, -0.2) is 0 Å². The van der Waals surface area contributed by atoms with Crippen molar-refractivity contribution in [3.8, 4) is 5.75 Å². The summed E-state index contributed by atoms with van der Waals surface area (Å²) in [5.41, 5.74) is 0.682. The number of carboxylic acid groups (broad SMARTS) is 1. The molecule has 16 heavy (non-hydrogen) atoms. The lowest BCUT2D eigenvalue weighted by Crippen LogP contribution is -2.01. The van der Waals surface area contributed by atoms with Gasteiger partial charge in [0, 0.05) is 6.42 Å². The lowest BCUT2D eigenvalue weighted by Gasteiger charge is -2.01. The van der Waals surface area contributed by atoms with Crippen LogP contribution in [0.3, 0.4) is 0 Å². The fraction of sp³-hybridized carbons (Fsp3) is 0.300. The molecule has 0 radical (unpaired) electrons. The number of ether oxygens (including phenoxy) is 1. The molecule has 0 saturated heterocycles. The second-order valence-corrected chi connectivity index (χ2v) is 3.31. The fourth-order valence-corrected chi connectivity index (χ4v) is 1.43. The molecule has 2 aromatic heterocycles. The smallest absolute Gasteiger partial charge is 0.303 e. The number of rotatable bonds is 4. The van der Waals surface area contributed by atoms with E-state index in [0.717, 1.165) is 0 Å². The van der Waals surface area contributed by atoms with Crippen LogP contribution in [0.4, 0.5) is 0 Å². The molecule has 0 atom stereocenters. The molecule has 2 heterocycles. The number of methoxy groups -OCH3 is 1. The predicted molar refractivity (Wildman–Crippen MR) is 55.5 cm³/mol. The molecule has 1 N–H and O–H groups in total. The van der Waals surface area contributed by atoms with Gasteiger partial charge in [0.2, 0.25) is 0 Å². The first kappa shape index (κ1) is 10.4. The Morgan fingerprint density at radius 3 is 3.00 bits per heavy atom. The maximum absolute atomic E-state index is 10.5. The van der Waals surface area contributed by atoms with Gasteiger partial charge in [-0.05, 0) is 12.1 Å². The van der Waals surface area contributed by atoms with E-state index >= 15 is 0 Å². The van der Waals surface area contributed by atoms with E-state index < -0.39 is 5.97 Å². The van der Waals surface area contributed by atoms with Gasteiger partial charge in [-0.3, -0.25) is 9.20 Å². The van der Waals surface area contributed by atoms with Crippen LogP contribution in [0.25, 0.3) is 5.65 Å². The molecule has 0 amide bonds. The Morgan fingerprint density at radius 1 is 1.50 bits per heavy atom. The largest absolute Gasteiger partial charge is 0.495 e. The zero-order chi connectivity index (χ0) is 11.5. The highest BCUT2D eigenvalue weighted by Gasteiger charge is 2.08. The number of fused-ring (bicyclic) bond motifs is 1. The van der Waals surface area contributed by atoms with Gasteiger partial charge in [-0.15, -0.1) is 10.2 Å². The topological polar surface area (TPSA) is 76.7 Å². The summed E-state index contributed by atoms with van der Waals surface area (Å²) in [5.74, 6) is 0.458. The number of aryl methyl sites for hydroxylation is 1. The van der Waals surface area contributed by atoms with Crippen LogP contribution in [0.1, 0.15) is 12.2 Å². The summed E-state index contributed by atoms with van der Waals surface area (Å²) >= 11 is 0.